The van der Waals surface area contributed by atoms with E-state index >= 15 is 0 Å². The molecule has 8 nitrogen and oxygen atoms in total. The Balaban J connectivity index is 1.69. The third-order valence-electron chi connectivity index (χ3n) is 6.66. The van der Waals surface area contributed by atoms with Crippen molar-refractivity contribution < 1.29 is 14.6 Å². The highest BCUT2D eigenvalue weighted by Gasteiger charge is 2.45. The van der Waals surface area contributed by atoms with Gasteiger partial charge in [0, 0.05) is 38.9 Å². The van der Waals surface area contributed by atoms with Crippen LogP contribution in [0.2, 0.25) is 0 Å². The molecule has 5 N–H and O–H groups in total. The summed E-state index contributed by atoms with van der Waals surface area (Å²) in [5.74, 6) is -0.0438. The summed E-state index contributed by atoms with van der Waals surface area (Å²) in [6, 6.07) is 5.22. The van der Waals surface area contributed by atoms with E-state index in [9.17, 15) is 14.7 Å². The first-order valence-corrected chi connectivity index (χ1v) is 11.1. The minimum Gasteiger partial charge on any atom is -0.458 e. The van der Waals surface area contributed by atoms with Crippen LogP contribution in [0.25, 0.3) is 22.3 Å². The van der Waals surface area contributed by atoms with Gasteiger partial charge in [0.25, 0.3) is 5.56 Å². The summed E-state index contributed by atoms with van der Waals surface area (Å²) in [6.45, 7) is 1.87. The van der Waals surface area contributed by atoms with E-state index in [1.807, 2.05) is 12.1 Å². The number of esters is 1. The number of ether oxygens (including phenoxy) is 1. The minimum absolute atomic E-state index is 0.107. The van der Waals surface area contributed by atoms with Gasteiger partial charge >= 0.3 is 5.97 Å². The standard InChI is InChI=1S/C22H20N4O4S/c1-2-22(29)11-5-15-18-9(6-26(15)20(27)10(11)7-30-21(22)28)16-13(24)8-31-19-12(23)3-4-14(25-18)17(16)19/h3-5,13,29H,2,6-8,23-24H2,1H3/t13?,22-/m0/s1. The monoisotopic (exact) mass is 436 g/mol. The summed E-state index contributed by atoms with van der Waals surface area (Å²) in [5, 5.41) is 12.0. The second-order valence-electron chi connectivity index (χ2n) is 8.25. The van der Waals surface area contributed by atoms with Crippen molar-refractivity contribution in [1.82, 2.24) is 9.55 Å². The molecule has 2 atom stereocenters. The van der Waals surface area contributed by atoms with Gasteiger partial charge in [0.1, 0.15) is 6.61 Å². The lowest BCUT2D eigenvalue weighted by molar-refractivity contribution is -0.172. The fraction of sp³-hybridized carbons (Fsp3) is 0.318. The Labute approximate surface area is 181 Å². The Morgan fingerprint density at radius 1 is 1.35 bits per heavy atom. The van der Waals surface area contributed by atoms with E-state index in [2.05, 4.69) is 0 Å². The van der Waals surface area contributed by atoms with Gasteiger partial charge in [-0.15, -0.1) is 11.8 Å². The molecule has 5 heterocycles. The number of thioether (sulfide) groups is 1. The largest absolute Gasteiger partial charge is 0.458 e. The number of hydrogen-bond donors (Lipinski definition) is 3. The van der Waals surface area contributed by atoms with Crippen molar-refractivity contribution >= 4 is 34.3 Å². The number of carbonyl (C=O) groups excluding carboxylic acids is 1. The molecular weight excluding hydrogens is 416 g/mol. The highest BCUT2D eigenvalue weighted by atomic mass is 32.2. The maximum atomic E-state index is 13.4. The zero-order valence-corrected chi connectivity index (χ0v) is 17.6. The number of fused-ring (bicyclic) bond motifs is 5. The predicted octanol–water partition coefficient (Wildman–Crippen LogP) is 1.77. The van der Waals surface area contributed by atoms with Gasteiger partial charge in [-0.25, -0.2) is 9.78 Å². The van der Waals surface area contributed by atoms with Crippen molar-refractivity contribution in [2.45, 2.75) is 43.0 Å². The first-order valence-electron chi connectivity index (χ1n) is 10.2. The number of benzene rings is 1. The number of hydrogen-bond acceptors (Lipinski definition) is 8. The number of nitrogens with two attached hydrogens (primary N) is 2. The highest BCUT2D eigenvalue weighted by molar-refractivity contribution is 7.99. The number of cyclic esters (lactones) is 1. The number of pyridine rings is 2. The lowest BCUT2D eigenvalue weighted by Gasteiger charge is -2.31. The van der Waals surface area contributed by atoms with Gasteiger partial charge in [-0.3, -0.25) is 4.79 Å². The Bertz CT molecular complexity index is 1400. The molecule has 0 aliphatic carbocycles. The molecule has 0 saturated heterocycles. The van der Waals surface area contributed by atoms with Crippen LogP contribution in [0.4, 0.5) is 5.69 Å². The molecule has 1 aromatic carbocycles. The third kappa shape index (κ3) is 2.25. The second-order valence-corrected chi connectivity index (χ2v) is 9.28. The van der Waals surface area contributed by atoms with Crippen molar-refractivity contribution in [1.29, 1.82) is 0 Å². The van der Waals surface area contributed by atoms with E-state index in [0.717, 1.165) is 26.9 Å². The molecule has 0 saturated carbocycles. The van der Waals surface area contributed by atoms with Crippen LogP contribution in [-0.4, -0.2) is 26.4 Å². The molecular formula is C22H20N4O4S. The van der Waals surface area contributed by atoms with Crippen LogP contribution in [0.5, 0.6) is 0 Å². The molecule has 9 heteroatoms. The Hall–Kier alpha value is -2.88. The van der Waals surface area contributed by atoms with E-state index in [-0.39, 0.29) is 24.6 Å². The van der Waals surface area contributed by atoms with Gasteiger partial charge in [-0.05, 0) is 30.2 Å². The van der Waals surface area contributed by atoms with Crippen LogP contribution in [-0.2, 0) is 28.3 Å². The normalized spacial score (nSPS) is 23.3. The fourth-order valence-electron chi connectivity index (χ4n) is 5.01. The SMILES string of the molecule is CC[C@@]1(O)C(=O)OCc2c1cc1n(c2=O)Cc2c-1nc1ccc(N)c3c1c2C(N)CS3. The van der Waals surface area contributed by atoms with Crippen molar-refractivity contribution in [2.75, 3.05) is 11.5 Å². The number of anilines is 1. The van der Waals surface area contributed by atoms with Gasteiger partial charge in [-0.2, -0.15) is 0 Å². The summed E-state index contributed by atoms with van der Waals surface area (Å²) in [5.41, 5.74) is 15.8. The summed E-state index contributed by atoms with van der Waals surface area (Å²) in [6.07, 6.45) is 0.107. The summed E-state index contributed by atoms with van der Waals surface area (Å²) in [7, 11) is 0. The molecule has 0 amide bonds. The van der Waals surface area contributed by atoms with Gasteiger partial charge in [0.15, 0.2) is 5.60 Å². The zero-order valence-electron chi connectivity index (χ0n) is 16.8. The molecule has 0 fully saturated rings. The van der Waals surface area contributed by atoms with Crippen LogP contribution in [0.1, 0.15) is 41.6 Å². The smallest absolute Gasteiger partial charge is 0.343 e. The first kappa shape index (κ1) is 18.9. The highest BCUT2D eigenvalue weighted by Crippen LogP contribution is 2.47. The number of aromatic nitrogens is 2. The van der Waals surface area contributed by atoms with Gasteiger partial charge in [0.2, 0.25) is 0 Å². The summed E-state index contributed by atoms with van der Waals surface area (Å²) < 4.78 is 6.77. The minimum atomic E-state index is -1.84. The molecule has 3 aromatic rings. The van der Waals surface area contributed by atoms with Crippen molar-refractivity contribution in [3.8, 4) is 11.4 Å². The maximum Gasteiger partial charge on any atom is 0.343 e. The topological polar surface area (TPSA) is 133 Å². The molecule has 0 radical (unpaired) electrons. The van der Waals surface area contributed by atoms with E-state index in [4.69, 9.17) is 21.2 Å². The number of nitrogens with zero attached hydrogens (tertiary/aromatic N) is 2. The maximum absolute atomic E-state index is 13.4. The molecule has 0 spiro atoms. The lowest BCUT2D eigenvalue weighted by atomic mass is 9.86. The molecule has 6 rings (SSSR count). The van der Waals surface area contributed by atoms with E-state index in [1.54, 1.807) is 29.3 Å². The average molecular weight is 436 g/mol. The quantitative estimate of drug-likeness (QED) is 0.304. The van der Waals surface area contributed by atoms with Gasteiger partial charge in [0.05, 0.1) is 29.0 Å². The second kappa shape index (κ2) is 6.09. The Morgan fingerprint density at radius 2 is 2.16 bits per heavy atom. The van der Waals surface area contributed by atoms with Crippen LogP contribution in [0, 0.1) is 0 Å². The lowest BCUT2D eigenvalue weighted by Crippen LogP contribution is -2.44. The van der Waals surface area contributed by atoms with Crippen LogP contribution in [0.3, 0.4) is 0 Å². The average Bonchev–Trinajstić information content (AvgIpc) is 3.13. The van der Waals surface area contributed by atoms with E-state index < -0.39 is 11.6 Å². The summed E-state index contributed by atoms with van der Waals surface area (Å²) in [4.78, 5) is 31.6. The number of rotatable bonds is 1. The molecule has 3 aliphatic heterocycles. The number of nitrogen functional groups attached to an aromatic ring is 1. The molecule has 0 bridgehead atoms. The number of aliphatic hydroxyl groups is 1. The molecule has 3 aliphatic rings. The molecule has 2 aromatic heterocycles. The molecule has 31 heavy (non-hydrogen) atoms. The molecule has 158 valence electrons. The Morgan fingerprint density at radius 3 is 2.94 bits per heavy atom. The van der Waals surface area contributed by atoms with Crippen molar-refractivity contribution in [2.24, 2.45) is 5.73 Å². The van der Waals surface area contributed by atoms with Gasteiger partial charge < -0.3 is 25.9 Å². The van der Waals surface area contributed by atoms with Crippen LogP contribution >= 0.6 is 11.8 Å². The zero-order chi connectivity index (χ0) is 21.7. The predicted molar refractivity (Wildman–Crippen MR) is 117 cm³/mol. The van der Waals surface area contributed by atoms with E-state index in [1.165, 1.54) is 0 Å². The summed E-state index contributed by atoms with van der Waals surface area (Å²) >= 11 is 1.63. The van der Waals surface area contributed by atoms with Gasteiger partial charge in [-0.1, -0.05) is 6.92 Å². The first-order chi connectivity index (χ1) is 14.8. The fourth-order valence-corrected chi connectivity index (χ4v) is 6.12. The molecule has 1 unspecified atom stereocenters. The Kier molecular flexibility index (Phi) is 3.70. The number of carbonyl (C=O) groups is 1. The van der Waals surface area contributed by atoms with Crippen LogP contribution < -0.4 is 17.0 Å². The van der Waals surface area contributed by atoms with E-state index in [0.29, 0.717) is 40.5 Å². The van der Waals surface area contributed by atoms with Crippen molar-refractivity contribution in [3.05, 3.63) is 50.8 Å². The van der Waals surface area contributed by atoms with Crippen molar-refractivity contribution in [3.63, 3.8) is 0 Å². The van der Waals surface area contributed by atoms with Crippen LogP contribution in [0.15, 0.2) is 27.9 Å². The third-order valence-corrected chi connectivity index (χ3v) is 7.91.